The number of fused-ring (bicyclic) bond motifs is 6. The van der Waals surface area contributed by atoms with Gasteiger partial charge in [0.15, 0.2) is 0 Å². The summed E-state index contributed by atoms with van der Waals surface area (Å²) in [5, 5.41) is 0. The van der Waals surface area contributed by atoms with Crippen LogP contribution in [0.3, 0.4) is 0 Å². The number of aromatic amines is 1. The van der Waals surface area contributed by atoms with Gasteiger partial charge in [-0.2, -0.15) is 0 Å². The molecule has 46 heavy (non-hydrogen) atoms. The molecule has 1 saturated carbocycles. The Bertz CT molecular complexity index is 1860. The second-order valence-corrected chi connectivity index (χ2v) is 15.4. The standard InChI is InChI=1S/C37H42BN3O5/c1-35(2,3)44-34(42)41-26-12-8-23(17-26)32(41)33-39-29-15-10-21(18-30(29)40-33)22-9-13-28-27-14-11-25(16-24(27)20-43-31(28)19-22)38-45-36(4,5)37(6,7)46-38/h9-11,13-16,18-19,23,26,32H,8,12,17,20H2,1-7H3,(H,39,40)/t23?,26-,32+/m1/s1. The maximum atomic E-state index is 13.2. The fourth-order valence-electron chi connectivity index (χ4n) is 7.59. The lowest BCUT2D eigenvalue weighted by Crippen LogP contribution is -2.43. The highest BCUT2D eigenvalue weighted by Gasteiger charge is 2.52. The van der Waals surface area contributed by atoms with Crippen molar-refractivity contribution in [1.82, 2.24) is 14.9 Å². The molecular weight excluding hydrogens is 577 g/mol. The van der Waals surface area contributed by atoms with Gasteiger partial charge < -0.3 is 23.8 Å². The minimum atomic E-state index is -0.538. The summed E-state index contributed by atoms with van der Waals surface area (Å²) < 4.78 is 24.7. The maximum absolute atomic E-state index is 13.2. The Morgan fingerprint density at radius 3 is 2.43 bits per heavy atom. The van der Waals surface area contributed by atoms with Gasteiger partial charge in [-0.25, -0.2) is 9.78 Å². The predicted octanol–water partition coefficient (Wildman–Crippen LogP) is 7.55. The summed E-state index contributed by atoms with van der Waals surface area (Å²) in [6, 6.07) is 19.3. The summed E-state index contributed by atoms with van der Waals surface area (Å²) in [5.41, 5.74) is 7.07. The number of nitrogens with one attached hydrogen (secondary N) is 1. The summed E-state index contributed by atoms with van der Waals surface area (Å²) in [4.78, 5) is 23.7. The van der Waals surface area contributed by atoms with Crippen LogP contribution in [0.2, 0.25) is 0 Å². The molecule has 3 aromatic carbocycles. The van der Waals surface area contributed by atoms with Gasteiger partial charge in [0.1, 0.15) is 23.8 Å². The molecular formula is C37H42BN3O5. The van der Waals surface area contributed by atoms with E-state index in [1.807, 2.05) is 25.7 Å². The monoisotopic (exact) mass is 619 g/mol. The highest BCUT2D eigenvalue weighted by Crippen LogP contribution is 2.50. The van der Waals surface area contributed by atoms with Crippen LogP contribution in [0.15, 0.2) is 54.6 Å². The molecule has 0 radical (unpaired) electrons. The Balaban J connectivity index is 1.05. The molecule has 3 aliphatic heterocycles. The molecule has 8 rings (SSSR count). The van der Waals surface area contributed by atoms with Crippen molar-refractivity contribution in [3.8, 4) is 28.0 Å². The van der Waals surface area contributed by atoms with Crippen LogP contribution >= 0.6 is 0 Å². The Morgan fingerprint density at radius 1 is 0.957 bits per heavy atom. The number of hydrogen-bond acceptors (Lipinski definition) is 6. The number of aromatic nitrogens is 2. The van der Waals surface area contributed by atoms with Crippen molar-refractivity contribution in [3.05, 3.63) is 66.0 Å². The molecule has 2 saturated heterocycles. The highest BCUT2D eigenvalue weighted by atomic mass is 16.7. The summed E-state index contributed by atoms with van der Waals surface area (Å²) in [7, 11) is -0.402. The molecule has 3 atom stereocenters. The number of hydrogen-bond donors (Lipinski definition) is 1. The number of benzene rings is 3. The Kier molecular flexibility index (Phi) is 6.49. The molecule has 4 heterocycles. The molecule has 1 aliphatic carbocycles. The van der Waals surface area contributed by atoms with Crippen molar-refractivity contribution in [1.29, 1.82) is 0 Å². The minimum Gasteiger partial charge on any atom is -0.488 e. The molecule has 2 bridgehead atoms. The van der Waals surface area contributed by atoms with Crippen LogP contribution in [0.1, 0.15) is 85.2 Å². The van der Waals surface area contributed by atoms with Gasteiger partial charge in [-0.05, 0) is 120 Å². The van der Waals surface area contributed by atoms with E-state index in [1.165, 1.54) is 5.56 Å². The largest absolute Gasteiger partial charge is 0.494 e. The van der Waals surface area contributed by atoms with Crippen LogP contribution in [0.4, 0.5) is 4.79 Å². The highest BCUT2D eigenvalue weighted by molar-refractivity contribution is 6.62. The topological polar surface area (TPSA) is 85.9 Å². The van der Waals surface area contributed by atoms with E-state index in [4.69, 9.17) is 23.8 Å². The van der Waals surface area contributed by atoms with Crippen molar-refractivity contribution >= 4 is 29.7 Å². The van der Waals surface area contributed by atoms with Crippen LogP contribution in [-0.2, 0) is 20.7 Å². The van der Waals surface area contributed by atoms with Gasteiger partial charge in [0.05, 0.1) is 28.3 Å². The summed E-state index contributed by atoms with van der Waals surface area (Å²) in [6.45, 7) is 14.5. The minimum absolute atomic E-state index is 0.0908. The zero-order chi connectivity index (χ0) is 32.2. The zero-order valence-electron chi connectivity index (χ0n) is 27.8. The average Bonchev–Trinajstić information content (AvgIpc) is 3.76. The lowest BCUT2D eigenvalue weighted by atomic mass is 9.77. The number of nitrogens with zero attached hydrogens (tertiary/aromatic N) is 2. The van der Waals surface area contributed by atoms with E-state index < -0.39 is 12.7 Å². The molecule has 3 fully saturated rings. The fourth-order valence-corrected chi connectivity index (χ4v) is 7.59. The Labute approximate surface area is 270 Å². The normalized spacial score (nSPS) is 24.2. The first-order chi connectivity index (χ1) is 21.8. The maximum Gasteiger partial charge on any atom is 0.494 e. The number of likely N-dealkylation sites (tertiary alicyclic amines) is 1. The number of ether oxygens (including phenoxy) is 2. The third-order valence-corrected chi connectivity index (χ3v) is 10.6. The van der Waals surface area contributed by atoms with Gasteiger partial charge in [-0.15, -0.1) is 0 Å². The van der Waals surface area contributed by atoms with Crippen LogP contribution in [0.5, 0.6) is 5.75 Å². The first-order valence-corrected chi connectivity index (χ1v) is 16.5. The first-order valence-electron chi connectivity index (χ1n) is 16.5. The van der Waals surface area contributed by atoms with Gasteiger partial charge in [0, 0.05) is 11.6 Å². The fraction of sp³-hybridized carbons (Fsp3) is 0.459. The molecule has 4 aromatic rings. The first kappa shape index (κ1) is 29.6. The number of H-pyrrole nitrogens is 1. The van der Waals surface area contributed by atoms with Gasteiger partial charge in [0.25, 0.3) is 0 Å². The van der Waals surface area contributed by atoms with Crippen molar-refractivity contribution in [2.75, 3.05) is 0 Å². The average molecular weight is 620 g/mol. The number of carbonyl (C=O) groups is 1. The third kappa shape index (κ3) is 4.82. The second kappa shape index (κ2) is 10.1. The van der Waals surface area contributed by atoms with Crippen LogP contribution in [0, 0.1) is 5.92 Å². The molecule has 1 unspecified atom stereocenters. The van der Waals surface area contributed by atoms with Gasteiger partial charge >= 0.3 is 13.2 Å². The Hall–Kier alpha value is -3.82. The van der Waals surface area contributed by atoms with Crippen molar-refractivity contribution in [3.63, 3.8) is 0 Å². The Morgan fingerprint density at radius 2 is 1.67 bits per heavy atom. The van der Waals surface area contributed by atoms with Crippen LogP contribution in [-0.4, -0.2) is 50.9 Å². The molecule has 9 heteroatoms. The van der Waals surface area contributed by atoms with E-state index in [0.717, 1.165) is 69.6 Å². The molecule has 8 nitrogen and oxygen atoms in total. The predicted molar refractivity (Wildman–Crippen MR) is 179 cm³/mol. The van der Waals surface area contributed by atoms with E-state index in [1.54, 1.807) is 0 Å². The van der Waals surface area contributed by atoms with Crippen molar-refractivity contribution < 1.29 is 23.6 Å². The summed E-state index contributed by atoms with van der Waals surface area (Å²) >= 11 is 0. The zero-order valence-corrected chi connectivity index (χ0v) is 27.8. The lowest BCUT2D eigenvalue weighted by molar-refractivity contribution is 0.00578. The smallest absolute Gasteiger partial charge is 0.488 e. The third-order valence-electron chi connectivity index (χ3n) is 10.6. The van der Waals surface area contributed by atoms with Crippen molar-refractivity contribution in [2.45, 2.75) is 103 Å². The SMILES string of the molecule is CC(C)(C)OC(=O)N1[C@@H]2CCC(C2)[C@H]1c1nc2ccc(-c3ccc4c(c3)OCc3cc(B5OC(C)(C)C(C)(C)O5)ccc3-4)cc2[nH]1. The van der Waals surface area contributed by atoms with E-state index in [2.05, 4.69) is 87.3 Å². The number of amides is 1. The quantitative estimate of drug-likeness (QED) is 0.239. The van der Waals surface area contributed by atoms with Crippen LogP contribution in [0.25, 0.3) is 33.3 Å². The molecule has 1 aromatic heterocycles. The van der Waals surface area contributed by atoms with E-state index >= 15 is 0 Å². The molecule has 4 aliphatic rings. The van der Waals surface area contributed by atoms with Gasteiger partial charge in [-0.3, -0.25) is 4.90 Å². The van der Waals surface area contributed by atoms with Gasteiger partial charge in [0.2, 0.25) is 0 Å². The number of rotatable bonds is 3. The van der Waals surface area contributed by atoms with Crippen molar-refractivity contribution in [2.24, 2.45) is 5.92 Å². The molecule has 0 spiro atoms. The van der Waals surface area contributed by atoms with E-state index in [9.17, 15) is 4.79 Å². The summed E-state index contributed by atoms with van der Waals surface area (Å²) in [5.74, 6) is 2.11. The van der Waals surface area contributed by atoms with Gasteiger partial charge in [-0.1, -0.05) is 36.4 Å². The van der Waals surface area contributed by atoms with Crippen LogP contribution < -0.4 is 10.2 Å². The number of imidazole rings is 1. The molecule has 1 amide bonds. The summed E-state index contributed by atoms with van der Waals surface area (Å²) in [6.07, 6.45) is 2.89. The molecule has 1 N–H and O–H groups in total. The van der Waals surface area contributed by atoms with E-state index in [0.29, 0.717) is 12.5 Å². The number of carbonyl (C=O) groups excluding carboxylic acids is 1. The van der Waals surface area contributed by atoms with E-state index in [-0.39, 0.29) is 29.4 Å². The molecule has 238 valence electrons. The lowest BCUT2D eigenvalue weighted by Gasteiger charge is -2.35. The number of piperidine rings is 1. The second-order valence-electron chi connectivity index (χ2n) is 15.4.